The Hall–Kier alpha value is -3.92. The fourth-order valence-corrected chi connectivity index (χ4v) is 4.35. The SMILES string of the molecule is CCn1ncc2c(C(=O)OC(C)C(=O)NCc3ccc4c(c3)OCO4)cc(-c3cccs3)nc21. The van der Waals surface area contributed by atoms with Crippen LogP contribution in [0.5, 0.6) is 11.5 Å². The molecule has 0 radical (unpaired) electrons. The number of hydrogen-bond donors (Lipinski definition) is 1. The monoisotopic (exact) mass is 478 g/mol. The van der Waals surface area contributed by atoms with Gasteiger partial charge >= 0.3 is 5.97 Å². The van der Waals surface area contributed by atoms with Crippen LogP contribution in [0.25, 0.3) is 21.6 Å². The van der Waals surface area contributed by atoms with E-state index in [1.165, 1.54) is 11.3 Å². The molecular weight excluding hydrogens is 456 g/mol. The lowest BCUT2D eigenvalue weighted by atomic mass is 10.1. The second kappa shape index (κ2) is 9.14. The van der Waals surface area contributed by atoms with Crippen LogP contribution in [0.3, 0.4) is 0 Å². The van der Waals surface area contributed by atoms with Crippen molar-refractivity contribution >= 4 is 34.2 Å². The number of rotatable bonds is 7. The predicted octanol–water partition coefficient (Wildman–Crippen LogP) is 3.77. The number of hydrogen-bond acceptors (Lipinski definition) is 8. The highest BCUT2D eigenvalue weighted by Gasteiger charge is 2.23. The third-order valence-corrected chi connectivity index (χ3v) is 6.35. The fourth-order valence-electron chi connectivity index (χ4n) is 3.66. The van der Waals surface area contributed by atoms with E-state index in [0.29, 0.717) is 40.3 Å². The molecule has 9 nitrogen and oxygen atoms in total. The van der Waals surface area contributed by atoms with Gasteiger partial charge in [-0.25, -0.2) is 14.5 Å². The molecule has 0 bridgehead atoms. The summed E-state index contributed by atoms with van der Waals surface area (Å²) in [7, 11) is 0. The molecule has 4 aromatic rings. The second-order valence-corrected chi connectivity index (χ2v) is 8.63. The summed E-state index contributed by atoms with van der Waals surface area (Å²) in [6, 6.07) is 11.0. The highest BCUT2D eigenvalue weighted by atomic mass is 32.1. The van der Waals surface area contributed by atoms with Gasteiger partial charge in [-0.15, -0.1) is 11.3 Å². The Bertz CT molecular complexity index is 1370. The lowest BCUT2D eigenvalue weighted by Crippen LogP contribution is -2.35. The lowest BCUT2D eigenvalue weighted by Gasteiger charge is -2.14. The average Bonchev–Trinajstić information content (AvgIpc) is 3.61. The Morgan fingerprint density at radius 3 is 2.88 bits per heavy atom. The van der Waals surface area contributed by atoms with Crippen LogP contribution in [-0.2, 0) is 22.6 Å². The van der Waals surface area contributed by atoms with Gasteiger partial charge in [0.2, 0.25) is 6.79 Å². The summed E-state index contributed by atoms with van der Waals surface area (Å²) in [6.45, 7) is 4.56. The molecule has 10 heteroatoms. The molecule has 4 heterocycles. The zero-order valence-electron chi connectivity index (χ0n) is 18.6. The summed E-state index contributed by atoms with van der Waals surface area (Å²) in [6.07, 6.45) is 0.612. The highest BCUT2D eigenvalue weighted by Crippen LogP contribution is 2.32. The first-order valence-corrected chi connectivity index (χ1v) is 11.7. The van der Waals surface area contributed by atoms with Crippen LogP contribution < -0.4 is 14.8 Å². The summed E-state index contributed by atoms with van der Waals surface area (Å²) < 4.78 is 17.9. The molecule has 174 valence electrons. The number of carbonyl (C=O) groups is 2. The normalized spacial score (nSPS) is 13.1. The summed E-state index contributed by atoms with van der Waals surface area (Å²) in [5.74, 6) is 0.307. The number of aromatic nitrogens is 3. The number of fused-ring (bicyclic) bond motifs is 2. The van der Waals surface area contributed by atoms with Gasteiger partial charge in [-0.3, -0.25) is 4.79 Å². The van der Waals surface area contributed by atoms with E-state index >= 15 is 0 Å². The van der Waals surface area contributed by atoms with Crippen LogP contribution in [0.4, 0.5) is 0 Å². The number of nitrogens with zero attached hydrogens (tertiary/aromatic N) is 3. The topological polar surface area (TPSA) is 105 Å². The van der Waals surface area contributed by atoms with Crippen LogP contribution in [0.1, 0.15) is 29.8 Å². The van der Waals surface area contributed by atoms with Crippen molar-refractivity contribution in [3.8, 4) is 22.1 Å². The van der Waals surface area contributed by atoms with Crippen LogP contribution in [0.2, 0.25) is 0 Å². The minimum Gasteiger partial charge on any atom is -0.454 e. The van der Waals surface area contributed by atoms with E-state index in [0.717, 1.165) is 10.4 Å². The van der Waals surface area contributed by atoms with E-state index in [2.05, 4.69) is 10.4 Å². The van der Waals surface area contributed by atoms with Crippen molar-refractivity contribution in [2.24, 2.45) is 0 Å². The lowest BCUT2D eigenvalue weighted by molar-refractivity contribution is -0.129. The standard InChI is InChI=1S/C24H22N4O5S/c1-3-28-22-17(12-26-28)16(10-18(27-22)21-5-4-8-34-21)24(30)33-14(2)23(29)25-11-15-6-7-19-20(9-15)32-13-31-19/h4-10,12,14H,3,11,13H2,1-2H3,(H,25,29). The Morgan fingerprint density at radius 1 is 1.24 bits per heavy atom. The molecule has 1 aliphatic rings. The molecule has 0 aliphatic carbocycles. The maximum Gasteiger partial charge on any atom is 0.339 e. The molecule has 1 unspecified atom stereocenters. The molecule has 3 aromatic heterocycles. The number of pyridine rings is 1. The van der Waals surface area contributed by atoms with Gasteiger partial charge in [-0.1, -0.05) is 12.1 Å². The molecule has 5 rings (SSSR count). The Labute approximate surface area is 199 Å². The molecule has 0 spiro atoms. The molecule has 0 saturated carbocycles. The molecule has 0 fully saturated rings. The summed E-state index contributed by atoms with van der Waals surface area (Å²) in [5.41, 5.74) is 2.42. The fraction of sp³-hybridized carbons (Fsp3) is 0.250. The number of nitrogens with one attached hydrogen (secondary N) is 1. The minimum absolute atomic E-state index is 0.186. The minimum atomic E-state index is -0.990. The number of esters is 1. The van der Waals surface area contributed by atoms with Crippen molar-refractivity contribution in [3.63, 3.8) is 0 Å². The van der Waals surface area contributed by atoms with Gasteiger partial charge in [0.25, 0.3) is 5.91 Å². The predicted molar refractivity (Wildman–Crippen MR) is 126 cm³/mol. The molecule has 1 amide bonds. The highest BCUT2D eigenvalue weighted by molar-refractivity contribution is 7.13. The van der Waals surface area contributed by atoms with Gasteiger partial charge in [0.05, 0.1) is 27.7 Å². The van der Waals surface area contributed by atoms with E-state index in [1.807, 2.05) is 36.6 Å². The summed E-state index contributed by atoms with van der Waals surface area (Å²) >= 11 is 1.53. The van der Waals surface area contributed by atoms with Gasteiger partial charge in [0.15, 0.2) is 23.3 Å². The van der Waals surface area contributed by atoms with E-state index < -0.39 is 18.0 Å². The van der Waals surface area contributed by atoms with Gasteiger partial charge in [0.1, 0.15) is 0 Å². The first-order chi connectivity index (χ1) is 16.5. The van der Waals surface area contributed by atoms with Crippen LogP contribution in [-0.4, -0.2) is 39.5 Å². The third kappa shape index (κ3) is 4.19. The van der Waals surface area contributed by atoms with Crippen molar-refractivity contribution < 1.29 is 23.8 Å². The quantitative estimate of drug-likeness (QED) is 0.403. The summed E-state index contributed by atoms with van der Waals surface area (Å²) in [4.78, 5) is 31.3. The maximum absolute atomic E-state index is 13.1. The number of aryl methyl sites for hydroxylation is 1. The molecule has 1 atom stereocenters. The van der Waals surface area contributed by atoms with E-state index in [-0.39, 0.29) is 13.3 Å². The average molecular weight is 479 g/mol. The van der Waals surface area contributed by atoms with Crippen molar-refractivity contribution in [1.82, 2.24) is 20.1 Å². The molecule has 34 heavy (non-hydrogen) atoms. The van der Waals surface area contributed by atoms with E-state index in [4.69, 9.17) is 19.2 Å². The summed E-state index contributed by atoms with van der Waals surface area (Å²) in [5, 5.41) is 9.65. The third-order valence-electron chi connectivity index (χ3n) is 5.46. The zero-order chi connectivity index (χ0) is 23.7. The van der Waals surface area contributed by atoms with Crippen LogP contribution in [0, 0.1) is 0 Å². The van der Waals surface area contributed by atoms with E-state index in [9.17, 15) is 9.59 Å². The van der Waals surface area contributed by atoms with Crippen molar-refractivity contribution in [2.45, 2.75) is 33.0 Å². The molecule has 0 saturated heterocycles. The van der Waals surface area contributed by atoms with Crippen molar-refractivity contribution in [3.05, 3.63) is 59.1 Å². The molecule has 1 N–H and O–H groups in total. The smallest absolute Gasteiger partial charge is 0.339 e. The molecule has 1 aromatic carbocycles. The molecular formula is C24H22N4O5S. The second-order valence-electron chi connectivity index (χ2n) is 7.68. The van der Waals surface area contributed by atoms with Crippen molar-refractivity contribution in [1.29, 1.82) is 0 Å². The maximum atomic E-state index is 13.1. The Morgan fingerprint density at radius 2 is 2.09 bits per heavy atom. The van der Waals surface area contributed by atoms with Crippen LogP contribution >= 0.6 is 11.3 Å². The van der Waals surface area contributed by atoms with Crippen LogP contribution in [0.15, 0.2) is 48.0 Å². The first kappa shape index (κ1) is 21.9. The Balaban J connectivity index is 1.31. The van der Waals surface area contributed by atoms with Gasteiger partial charge in [-0.05, 0) is 49.1 Å². The van der Waals surface area contributed by atoms with Gasteiger partial charge in [0, 0.05) is 13.1 Å². The zero-order valence-corrected chi connectivity index (χ0v) is 19.4. The number of benzene rings is 1. The largest absolute Gasteiger partial charge is 0.454 e. The van der Waals surface area contributed by atoms with Gasteiger partial charge < -0.3 is 19.5 Å². The Kier molecular flexibility index (Phi) is 5.89. The van der Waals surface area contributed by atoms with Crippen molar-refractivity contribution in [2.75, 3.05) is 6.79 Å². The molecule has 1 aliphatic heterocycles. The number of thiophene rings is 1. The number of amides is 1. The van der Waals surface area contributed by atoms with Gasteiger partial charge in [-0.2, -0.15) is 5.10 Å². The number of carbonyl (C=O) groups excluding carboxylic acids is 2. The number of ether oxygens (including phenoxy) is 3. The first-order valence-electron chi connectivity index (χ1n) is 10.8. The van der Waals surface area contributed by atoms with E-state index in [1.54, 1.807) is 29.9 Å².